The quantitative estimate of drug-likeness (QED) is 0.748. The largest absolute Gasteiger partial charge is 0.390 e. The predicted octanol–water partition coefficient (Wildman–Crippen LogP) is 0.136. The molecule has 2 N–H and O–H groups in total. The summed E-state index contributed by atoms with van der Waals surface area (Å²) in [5.74, 6) is 0. The van der Waals surface area contributed by atoms with Crippen molar-refractivity contribution in [3.63, 3.8) is 0 Å². The minimum atomic E-state index is -3.50. The number of hydrogen-bond donors (Lipinski definition) is 2. The molecule has 1 heterocycles. The van der Waals surface area contributed by atoms with Crippen molar-refractivity contribution in [3.05, 3.63) is 18.0 Å². The lowest BCUT2D eigenvalue weighted by atomic mass is 10.3. The zero-order valence-electron chi connectivity index (χ0n) is 11.9. The number of aryl methyl sites for hydroxylation is 1. The maximum absolute atomic E-state index is 12.0. The molecule has 0 saturated carbocycles. The first-order chi connectivity index (χ1) is 8.77. The fraction of sp³-hybridized carbons (Fsp3) is 0.667. The van der Waals surface area contributed by atoms with Crippen molar-refractivity contribution in [2.75, 3.05) is 20.1 Å². The van der Waals surface area contributed by atoms with Crippen molar-refractivity contribution >= 4 is 10.0 Å². The lowest BCUT2D eigenvalue weighted by Gasteiger charge is -2.20. The van der Waals surface area contributed by atoms with Gasteiger partial charge in [0, 0.05) is 38.1 Å². The van der Waals surface area contributed by atoms with Gasteiger partial charge in [0.05, 0.1) is 11.5 Å². The van der Waals surface area contributed by atoms with E-state index in [1.54, 1.807) is 11.6 Å². The number of rotatable bonds is 7. The molecular weight excluding hydrogens is 266 g/mol. The van der Waals surface area contributed by atoms with Gasteiger partial charge in [0.1, 0.15) is 0 Å². The molecule has 0 fully saturated rings. The van der Waals surface area contributed by atoms with Crippen molar-refractivity contribution < 1.29 is 13.5 Å². The minimum Gasteiger partial charge on any atom is -0.390 e. The highest BCUT2D eigenvalue weighted by Crippen LogP contribution is 2.13. The smallest absolute Gasteiger partial charge is 0.242 e. The molecule has 0 aliphatic rings. The van der Waals surface area contributed by atoms with Gasteiger partial charge in [-0.3, -0.25) is 0 Å². The zero-order valence-corrected chi connectivity index (χ0v) is 12.7. The normalized spacial score (nSPS) is 12.6. The molecule has 1 aromatic rings. The van der Waals surface area contributed by atoms with Crippen molar-refractivity contribution in [1.29, 1.82) is 0 Å². The highest BCUT2D eigenvalue weighted by Gasteiger charge is 2.17. The van der Waals surface area contributed by atoms with Crippen molar-refractivity contribution in [2.24, 2.45) is 7.05 Å². The number of sulfonamides is 1. The van der Waals surface area contributed by atoms with Crippen LogP contribution in [0, 0.1) is 0 Å². The maximum Gasteiger partial charge on any atom is 0.242 e. The Balaban J connectivity index is 2.65. The number of aliphatic hydroxyl groups is 1. The van der Waals surface area contributed by atoms with Crippen LogP contribution in [0.2, 0.25) is 0 Å². The van der Waals surface area contributed by atoms with Gasteiger partial charge in [-0.2, -0.15) is 0 Å². The van der Waals surface area contributed by atoms with Crippen LogP contribution in [0.25, 0.3) is 0 Å². The topological polar surface area (TPSA) is 74.6 Å². The zero-order chi connectivity index (χ0) is 14.6. The van der Waals surface area contributed by atoms with Gasteiger partial charge >= 0.3 is 0 Å². The van der Waals surface area contributed by atoms with Crippen LogP contribution >= 0.6 is 0 Å². The summed E-state index contributed by atoms with van der Waals surface area (Å²) in [5, 5.41) is 9.06. The van der Waals surface area contributed by atoms with Crippen LogP contribution in [-0.2, 0) is 23.7 Å². The number of aromatic nitrogens is 1. The summed E-state index contributed by atoms with van der Waals surface area (Å²) in [6, 6.07) is 1.86. The molecule has 110 valence electrons. The van der Waals surface area contributed by atoms with Gasteiger partial charge in [0.25, 0.3) is 0 Å². The minimum absolute atomic E-state index is 0.178. The number of aliphatic hydroxyl groups excluding tert-OH is 1. The predicted molar refractivity (Wildman–Crippen MR) is 74.3 cm³/mol. The number of nitrogens with one attached hydrogen (secondary N) is 1. The lowest BCUT2D eigenvalue weighted by molar-refractivity contribution is 0.272. The van der Waals surface area contributed by atoms with E-state index in [4.69, 9.17) is 5.11 Å². The molecule has 1 aromatic heterocycles. The van der Waals surface area contributed by atoms with E-state index in [2.05, 4.69) is 23.5 Å². The molecule has 0 aliphatic heterocycles. The Morgan fingerprint density at radius 3 is 2.58 bits per heavy atom. The van der Waals surface area contributed by atoms with Gasteiger partial charge in [0.15, 0.2) is 0 Å². The summed E-state index contributed by atoms with van der Waals surface area (Å²) in [6.45, 7) is 4.94. The number of nitrogens with zero attached hydrogens (tertiary/aromatic N) is 2. The second kappa shape index (κ2) is 6.51. The van der Waals surface area contributed by atoms with Gasteiger partial charge in [0.2, 0.25) is 10.0 Å². The van der Waals surface area contributed by atoms with E-state index < -0.39 is 10.0 Å². The first kappa shape index (κ1) is 16.2. The second-order valence-electron chi connectivity index (χ2n) is 4.91. The maximum atomic E-state index is 12.0. The van der Waals surface area contributed by atoms with Gasteiger partial charge < -0.3 is 14.6 Å². The molecule has 6 nitrogen and oxygen atoms in total. The molecule has 0 atom stereocenters. The van der Waals surface area contributed by atoms with Gasteiger partial charge in [-0.15, -0.1) is 0 Å². The average molecular weight is 289 g/mol. The van der Waals surface area contributed by atoms with Crippen LogP contribution in [0.3, 0.4) is 0 Å². The van der Waals surface area contributed by atoms with Crippen molar-refractivity contribution in [3.8, 4) is 0 Å². The third kappa shape index (κ3) is 4.31. The van der Waals surface area contributed by atoms with Crippen LogP contribution in [-0.4, -0.2) is 49.2 Å². The molecule has 0 unspecified atom stereocenters. The van der Waals surface area contributed by atoms with E-state index in [1.165, 1.54) is 12.3 Å². The summed E-state index contributed by atoms with van der Waals surface area (Å²) >= 11 is 0. The Labute approximate surface area is 115 Å². The second-order valence-corrected chi connectivity index (χ2v) is 6.68. The summed E-state index contributed by atoms with van der Waals surface area (Å²) in [6.07, 6.45) is 1.50. The summed E-state index contributed by atoms with van der Waals surface area (Å²) in [4.78, 5) is 2.25. The fourth-order valence-corrected chi connectivity index (χ4v) is 2.69. The number of hydrogen-bond acceptors (Lipinski definition) is 4. The third-order valence-corrected chi connectivity index (χ3v) is 4.62. The van der Waals surface area contributed by atoms with E-state index in [-0.39, 0.29) is 11.5 Å². The Kier molecular flexibility index (Phi) is 5.54. The molecule has 0 aliphatic carbocycles. The van der Waals surface area contributed by atoms with Crippen LogP contribution < -0.4 is 4.72 Å². The fourth-order valence-electron chi connectivity index (χ4n) is 1.58. The summed E-state index contributed by atoms with van der Waals surface area (Å²) in [7, 11) is 0.153. The van der Waals surface area contributed by atoms with Crippen LogP contribution in [0.15, 0.2) is 17.2 Å². The Hall–Kier alpha value is -0.890. The average Bonchev–Trinajstić information content (AvgIpc) is 2.70. The van der Waals surface area contributed by atoms with Crippen molar-refractivity contribution in [2.45, 2.75) is 31.4 Å². The van der Waals surface area contributed by atoms with Crippen molar-refractivity contribution in [1.82, 2.24) is 14.2 Å². The van der Waals surface area contributed by atoms with Gasteiger partial charge in [-0.25, -0.2) is 13.1 Å². The molecule has 0 bridgehead atoms. The number of likely N-dealkylation sites (N-methyl/N-ethyl adjacent to an activating group) is 1. The summed E-state index contributed by atoms with van der Waals surface area (Å²) < 4.78 is 28.2. The highest BCUT2D eigenvalue weighted by molar-refractivity contribution is 7.89. The lowest BCUT2D eigenvalue weighted by Crippen LogP contribution is -2.36. The van der Waals surface area contributed by atoms with E-state index in [0.717, 1.165) is 0 Å². The first-order valence-electron chi connectivity index (χ1n) is 6.24. The molecule has 0 spiro atoms. The van der Waals surface area contributed by atoms with Gasteiger partial charge in [-0.1, -0.05) is 0 Å². The molecule has 0 amide bonds. The summed E-state index contributed by atoms with van der Waals surface area (Å²) in [5.41, 5.74) is 0.569. The van der Waals surface area contributed by atoms with Crippen LogP contribution in [0.1, 0.15) is 19.5 Å². The Bertz CT molecular complexity index is 508. The van der Waals surface area contributed by atoms with Gasteiger partial charge in [-0.05, 0) is 27.0 Å². The van der Waals surface area contributed by atoms with Crippen LogP contribution in [0.5, 0.6) is 0 Å². The highest BCUT2D eigenvalue weighted by atomic mass is 32.2. The molecule has 0 aromatic carbocycles. The monoisotopic (exact) mass is 289 g/mol. The molecular formula is C12H23N3O3S. The van der Waals surface area contributed by atoms with E-state index >= 15 is 0 Å². The molecule has 0 radical (unpaired) electrons. The van der Waals surface area contributed by atoms with E-state index in [1.807, 2.05) is 7.05 Å². The molecule has 1 rings (SSSR count). The van der Waals surface area contributed by atoms with E-state index in [9.17, 15) is 8.42 Å². The molecule has 0 saturated heterocycles. The first-order valence-corrected chi connectivity index (χ1v) is 7.72. The standard InChI is InChI=1S/C12H23N3O3S/c1-10(2)14(3)6-5-13-19(17,18)12-7-11(9-16)15(4)8-12/h7-8,10,13,16H,5-6,9H2,1-4H3. The SMILES string of the molecule is CC(C)N(C)CCNS(=O)(=O)c1cc(CO)n(C)c1. The Morgan fingerprint density at radius 1 is 1.47 bits per heavy atom. The Morgan fingerprint density at radius 2 is 2.11 bits per heavy atom. The third-order valence-electron chi connectivity index (χ3n) is 3.19. The molecule has 19 heavy (non-hydrogen) atoms. The van der Waals surface area contributed by atoms with E-state index in [0.29, 0.717) is 24.8 Å². The molecule has 7 heteroatoms. The van der Waals surface area contributed by atoms with Crippen LogP contribution in [0.4, 0.5) is 0 Å².